The van der Waals surface area contributed by atoms with Gasteiger partial charge in [-0.1, -0.05) is 19.3 Å². The highest BCUT2D eigenvalue weighted by atomic mass is 16.6. The first kappa shape index (κ1) is 14.6. The summed E-state index contributed by atoms with van der Waals surface area (Å²) in [6.45, 7) is 6.80. The molecule has 0 bridgehead atoms. The van der Waals surface area contributed by atoms with Crippen LogP contribution in [0.25, 0.3) is 0 Å². The van der Waals surface area contributed by atoms with Gasteiger partial charge in [0.1, 0.15) is 5.60 Å². The van der Waals surface area contributed by atoms with Crippen molar-refractivity contribution in [3.05, 3.63) is 0 Å². The summed E-state index contributed by atoms with van der Waals surface area (Å²) in [5, 5.41) is 6.77. The van der Waals surface area contributed by atoms with Crippen LogP contribution in [-0.2, 0) is 4.74 Å². The second-order valence-electron chi connectivity index (χ2n) is 6.99. The van der Waals surface area contributed by atoms with E-state index in [9.17, 15) is 4.79 Å². The van der Waals surface area contributed by atoms with Gasteiger partial charge in [-0.05, 0) is 53.0 Å². The van der Waals surface area contributed by atoms with Crippen molar-refractivity contribution >= 4 is 6.09 Å². The summed E-state index contributed by atoms with van der Waals surface area (Å²) in [5.41, 5.74) is -0.514. The lowest BCUT2D eigenvalue weighted by Gasteiger charge is -2.43. The number of amides is 1. The molecule has 0 aromatic heterocycles. The van der Waals surface area contributed by atoms with E-state index >= 15 is 0 Å². The number of ether oxygens (including phenoxy) is 1. The molecule has 1 unspecified atom stereocenters. The van der Waals surface area contributed by atoms with Crippen LogP contribution in [0.4, 0.5) is 4.79 Å². The molecule has 0 spiro atoms. The van der Waals surface area contributed by atoms with Gasteiger partial charge in [0.05, 0.1) is 5.54 Å². The first-order valence-electron chi connectivity index (χ1n) is 7.66. The molecule has 1 saturated carbocycles. The summed E-state index contributed by atoms with van der Waals surface area (Å²) in [7, 11) is 0. The lowest BCUT2D eigenvalue weighted by molar-refractivity contribution is 0.0388. The number of carbonyl (C=O) groups excluding carboxylic acids is 1. The minimum Gasteiger partial charge on any atom is -0.444 e. The summed E-state index contributed by atoms with van der Waals surface area (Å²) in [4.78, 5) is 12.1. The molecule has 0 radical (unpaired) electrons. The topological polar surface area (TPSA) is 50.4 Å². The van der Waals surface area contributed by atoms with Gasteiger partial charge in [0.2, 0.25) is 0 Å². The van der Waals surface area contributed by atoms with Crippen LogP contribution in [0.3, 0.4) is 0 Å². The average molecular weight is 268 g/mol. The monoisotopic (exact) mass is 268 g/mol. The lowest BCUT2D eigenvalue weighted by atomic mass is 9.76. The Balaban J connectivity index is 2.03. The van der Waals surface area contributed by atoms with Crippen LogP contribution in [0.1, 0.15) is 65.7 Å². The second-order valence-corrected chi connectivity index (χ2v) is 6.99. The zero-order valence-electron chi connectivity index (χ0n) is 12.6. The van der Waals surface area contributed by atoms with Crippen LogP contribution >= 0.6 is 0 Å². The number of hydrogen-bond acceptors (Lipinski definition) is 3. The molecule has 1 aliphatic heterocycles. The van der Waals surface area contributed by atoms with Crippen molar-refractivity contribution in [1.82, 2.24) is 10.6 Å². The molecule has 0 aromatic rings. The molecule has 1 saturated heterocycles. The number of alkyl carbamates (subject to hydrolysis) is 1. The molecule has 1 aliphatic carbocycles. The van der Waals surface area contributed by atoms with Gasteiger partial charge in [0.25, 0.3) is 0 Å². The van der Waals surface area contributed by atoms with Crippen molar-refractivity contribution in [2.24, 2.45) is 0 Å². The molecule has 2 fully saturated rings. The summed E-state index contributed by atoms with van der Waals surface area (Å²) in [6, 6.07) is 0.417. The quantitative estimate of drug-likeness (QED) is 0.809. The van der Waals surface area contributed by atoms with E-state index in [0.29, 0.717) is 6.04 Å². The molecule has 2 aliphatic rings. The molecule has 110 valence electrons. The maximum absolute atomic E-state index is 12.1. The van der Waals surface area contributed by atoms with Gasteiger partial charge in [-0.25, -0.2) is 4.79 Å². The standard InChI is InChI=1S/C15H28N2O2/c1-14(2,3)19-13(18)17-15(9-5-4-6-10-15)12-8-7-11-16-12/h12,16H,4-11H2,1-3H3,(H,17,18). The van der Waals surface area contributed by atoms with Crippen LogP contribution < -0.4 is 10.6 Å². The van der Waals surface area contributed by atoms with Gasteiger partial charge in [0, 0.05) is 6.04 Å². The molecule has 1 atom stereocenters. The molecular formula is C15H28N2O2. The van der Waals surface area contributed by atoms with E-state index in [0.717, 1.165) is 25.8 Å². The van der Waals surface area contributed by atoms with Crippen molar-refractivity contribution in [3.63, 3.8) is 0 Å². The van der Waals surface area contributed by atoms with E-state index in [4.69, 9.17) is 4.74 Å². The minimum atomic E-state index is -0.428. The molecule has 4 heteroatoms. The summed E-state index contributed by atoms with van der Waals surface area (Å²) in [6.07, 6.45) is 7.95. The Morgan fingerprint density at radius 2 is 1.89 bits per heavy atom. The maximum Gasteiger partial charge on any atom is 0.408 e. The predicted octanol–water partition coefficient (Wildman–Crippen LogP) is 2.97. The van der Waals surface area contributed by atoms with E-state index in [1.807, 2.05) is 20.8 Å². The molecule has 1 amide bonds. The number of carbonyl (C=O) groups is 1. The van der Waals surface area contributed by atoms with Gasteiger partial charge < -0.3 is 15.4 Å². The third-order valence-corrected chi connectivity index (χ3v) is 4.22. The van der Waals surface area contributed by atoms with Gasteiger partial charge in [-0.3, -0.25) is 0 Å². The Kier molecular flexibility index (Phi) is 4.39. The van der Waals surface area contributed by atoms with Crippen molar-refractivity contribution in [2.75, 3.05) is 6.54 Å². The molecule has 2 N–H and O–H groups in total. The predicted molar refractivity (Wildman–Crippen MR) is 76.2 cm³/mol. The van der Waals surface area contributed by atoms with E-state index in [1.165, 1.54) is 25.7 Å². The van der Waals surface area contributed by atoms with Gasteiger partial charge in [0.15, 0.2) is 0 Å². The Hall–Kier alpha value is -0.770. The van der Waals surface area contributed by atoms with Crippen LogP contribution in [0, 0.1) is 0 Å². The highest BCUT2D eigenvalue weighted by Gasteiger charge is 2.42. The van der Waals surface area contributed by atoms with E-state index in [-0.39, 0.29) is 11.6 Å². The van der Waals surface area contributed by atoms with E-state index in [2.05, 4.69) is 10.6 Å². The van der Waals surface area contributed by atoms with Gasteiger partial charge in [-0.2, -0.15) is 0 Å². The molecular weight excluding hydrogens is 240 g/mol. The van der Waals surface area contributed by atoms with Crippen molar-refractivity contribution in [2.45, 2.75) is 82.9 Å². The van der Waals surface area contributed by atoms with Crippen molar-refractivity contribution in [3.8, 4) is 0 Å². The van der Waals surface area contributed by atoms with Crippen LogP contribution in [0.2, 0.25) is 0 Å². The second kappa shape index (κ2) is 5.70. The fourth-order valence-electron chi connectivity index (χ4n) is 3.41. The van der Waals surface area contributed by atoms with Crippen LogP contribution in [0.15, 0.2) is 0 Å². The zero-order valence-corrected chi connectivity index (χ0v) is 12.6. The summed E-state index contributed by atoms with van der Waals surface area (Å²) in [5.74, 6) is 0. The van der Waals surface area contributed by atoms with E-state index < -0.39 is 5.60 Å². The molecule has 0 aromatic carbocycles. The third-order valence-electron chi connectivity index (χ3n) is 4.22. The molecule has 2 rings (SSSR count). The first-order chi connectivity index (χ1) is 8.91. The molecule has 1 heterocycles. The highest BCUT2D eigenvalue weighted by Crippen LogP contribution is 2.34. The first-order valence-corrected chi connectivity index (χ1v) is 7.66. The fourth-order valence-corrected chi connectivity index (χ4v) is 3.41. The third kappa shape index (κ3) is 3.85. The maximum atomic E-state index is 12.1. The Bertz CT molecular complexity index is 311. The van der Waals surface area contributed by atoms with Crippen molar-refractivity contribution in [1.29, 1.82) is 0 Å². The fraction of sp³-hybridized carbons (Fsp3) is 0.933. The zero-order chi connectivity index (χ0) is 13.9. The number of rotatable bonds is 2. The SMILES string of the molecule is CC(C)(C)OC(=O)NC1(C2CCCN2)CCCCC1. The normalized spacial score (nSPS) is 27.0. The summed E-state index contributed by atoms with van der Waals surface area (Å²) >= 11 is 0. The van der Waals surface area contributed by atoms with Gasteiger partial charge in [-0.15, -0.1) is 0 Å². The lowest BCUT2D eigenvalue weighted by Crippen LogP contribution is -2.61. The van der Waals surface area contributed by atoms with Crippen LogP contribution in [-0.4, -0.2) is 29.8 Å². The Labute approximate surface area is 116 Å². The minimum absolute atomic E-state index is 0.0862. The Morgan fingerprint density at radius 3 is 2.42 bits per heavy atom. The highest BCUT2D eigenvalue weighted by molar-refractivity contribution is 5.69. The smallest absolute Gasteiger partial charge is 0.408 e. The average Bonchev–Trinajstić information content (AvgIpc) is 2.81. The van der Waals surface area contributed by atoms with Crippen molar-refractivity contribution < 1.29 is 9.53 Å². The van der Waals surface area contributed by atoms with E-state index in [1.54, 1.807) is 0 Å². The van der Waals surface area contributed by atoms with Crippen LogP contribution in [0.5, 0.6) is 0 Å². The Morgan fingerprint density at radius 1 is 1.21 bits per heavy atom. The number of nitrogens with one attached hydrogen (secondary N) is 2. The summed E-state index contributed by atoms with van der Waals surface area (Å²) < 4.78 is 5.45. The largest absolute Gasteiger partial charge is 0.444 e. The van der Waals surface area contributed by atoms with Gasteiger partial charge >= 0.3 is 6.09 Å². The number of hydrogen-bond donors (Lipinski definition) is 2. The molecule has 19 heavy (non-hydrogen) atoms. The molecule has 4 nitrogen and oxygen atoms in total.